The molecule has 3 aliphatic rings. The molecule has 4 atom stereocenters. The van der Waals surface area contributed by atoms with E-state index in [4.69, 9.17) is 17.3 Å². The molecule has 3 aromatic rings. The quantitative estimate of drug-likeness (QED) is 0.221. The Kier molecular flexibility index (Phi) is 6.50. The number of likely N-dealkylation sites (N-methyl/N-ethyl adjacent to an activating group) is 1. The van der Waals surface area contributed by atoms with Crippen LogP contribution in [0.5, 0.6) is 5.75 Å². The number of rotatable bonds is 4. The Morgan fingerprint density at radius 2 is 1.63 bits per heavy atom. The number of hydrogen-bond donors (Lipinski definition) is 5. The molecule has 3 aromatic carbocycles. The lowest BCUT2D eigenvalue weighted by atomic mass is 9.58. The number of benzene rings is 3. The highest BCUT2D eigenvalue weighted by molar-refractivity contribution is 6.68. The first-order valence-electron chi connectivity index (χ1n) is 13.5. The maximum Gasteiger partial charge on any atom is 0.255 e. The van der Waals surface area contributed by atoms with Crippen LogP contribution >= 0.6 is 11.6 Å². The predicted molar refractivity (Wildman–Crippen MR) is 157 cm³/mol. The number of ketones is 2. The first-order valence-corrected chi connectivity index (χ1v) is 13.9. The molecule has 0 saturated heterocycles. The Morgan fingerprint density at radius 1 is 0.977 bits per heavy atom. The van der Waals surface area contributed by atoms with E-state index in [-0.39, 0.29) is 29.7 Å². The average Bonchev–Trinajstić information content (AvgIpc) is 2.94. The summed E-state index contributed by atoms with van der Waals surface area (Å²) in [4.78, 5) is 53.3. The van der Waals surface area contributed by atoms with Crippen molar-refractivity contribution in [3.05, 3.63) is 87.9 Å². The normalized spacial score (nSPS) is 25.1. The van der Waals surface area contributed by atoms with Crippen molar-refractivity contribution in [1.82, 2.24) is 4.90 Å². The number of hydrogen-bond acceptors (Lipinski definition) is 9. The molecule has 0 bridgehead atoms. The van der Waals surface area contributed by atoms with Crippen LogP contribution in [0.1, 0.15) is 32.7 Å². The maximum atomic E-state index is 14.1. The number of halogens is 1. The molecule has 0 saturated carbocycles. The number of carbonyl (C=O) groups excluding carboxylic acids is 4. The van der Waals surface area contributed by atoms with Crippen molar-refractivity contribution >= 4 is 45.1 Å². The van der Waals surface area contributed by atoms with Crippen LogP contribution in [0.2, 0.25) is 0 Å². The second-order valence-corrected chi connectivity index (χ2v) is 11.8. The third kappa shape index (κ3) is 3.87. The Hall–Kier alpha value is -4.51. The minimum absolute atomic E-state index is 0.0265. The highest BCUT2D eigenvalue weighted by Gasteiger charge is 2.63. The van der Waals surface area contributed by atoms with Gasteiger partial charge in [-0.15, -0.1) is 0 Å². The number of aliphatic hydroxyl groups excluding tert-OH is 2. The van der Waals surface area contributed by atoms with Crippen molar-refractivity contribution in [3.8, 4) is 16.9 Å². The fourth-order valence-corrected chi connectivity index (χ4v) is 7.37. The van der Waals surface area contributed by atoms with Gasteiger partial charge < -0.3 is 26.2 Å². The fraction of sp³-hybridized carbons (Fsp3) is 0.250. The summed E-state index contributed by atoms with van der Waals surface area (Å²) < 4.78 is 0. The molecule has 11 heteroatoms. The first-order chi connectivity index (χ1) is 20.3. The molecule has 0 aliphatic heterocycles. The van der Waals surface area contributed by atoms with Gasteiger partial charge in [0.05, 0.1) is 11.6 Å². The van der Waals surface area contributed by atoms with Crippen molar-refractivity contribution in [3.63, 3.8) is 0 Å². The SMILES string of the molecule is CN(C)[C@@H]1C(O)=C(C(N)=O)C(=O)[C@@]2(O)C(O)=C3C(=O)c4c(O)ccc(-c5ccc(C(=O)Cl)c6ccccc56)c4C[C@H]3C[C@@H]12. The summed E-state index contributed by atoms with van der Waals surface area (Å²) in [5, 5.41) is 45.8. The van der Waals surface area contributed by atoms with Gasteiger partial charge in [-0.1, -0.05) is 36.4 Å². The average molecular weight is 603 g/mol. The van der Waals surface area contributed by atoms with E-state index >= 15 is 0 Å². The topological polar surface area (TPSA) is 178 Å². The van der Waals surface area contributed by atoms with Gasteiger partial charge in [0.15, 0.2) is 11.4 Å². The minimum Gasteiger partial charge on any atom is -0.510 e. The van der Waals surface area contributed by atoms with Crippen LogP contribution in [0.25, 0.3) is 21.9 Å². The lowest BCUT2D eigenvalue weighted by Gasteiger charge is -2.50. The lowest BCUT2D eigenvalue weighted by Crippen LogP contribution is -2.63. The maximum absolute atomic E-state index is 14.1. The molecule has 6 N–H and O–H groups in total. The number of Topliss-reactive ketones (excluding diaryl/α,β-unsaturated/α-hetero) is 2. The Morgan fingerprint density at radius 3 is 2.26 bits per heavy atom. The van der Waals surface area contributed by atoms with Crippen LogP contribution in [-0.4, -0.2) is 73.8 Å². The molecule has 0 heterocycles. The van der Waals surface area contributed by atoms with Gasteiger partial charge >= 0.3 is 0 Å². The number of aliphatic hydroxyl groups is 3. The third-order valence-electron chi connectivity index (χ3n) is 9.03. The summed E-state index contributed by atoms with van der Waals surface area (Å²) in [7, 11) is 3.15. The van der Waals surface area contributed by atoms with Gasteiger partial charge in [-0.2, -0.15) is 0 Å². The van der Waals surface area contributed by atoms with Crippen molar-refractivity contribution in [2.45, 2.75) is 24.5 Å². The molecule has 3 aliphatic carbocycles. The van der Waals surface area contributed by atoms with Gasteiger partial charge in [0.1, 0.15) is 22.8 Å². The van der Waals surface area contributed by atoms with Crippen LogP contribution in [0, 0.1) is 11.8 Å². The van der Waals surface area contributed by atoms with Crippen molar-refractivity contribution in [2.24, 2.45) is 17.6 Å². The Labute approximate surface area is 250 Å². The number of primary amides is 1. The molecule has 0 unspecified atom stereocenters. The zero-order valence-corrected chi connectivity index (χ0v) is 23.8. The van der Waals surface area contributed by atoms with E-state index in [1.807, 2.05) is 6.07 Å². The summed E-state index contributed by atoms with van der Waals surface area (Å²) in [5.41, 5.74) is 3.56. The van der Waals surface area contributed by atoms with Crippen LogP contribution in [-0.2, 0) is 16.0 Å². The van der Waals surface area contributed by atoms with Gasteiger partial charge in [-0.3, -0.25) is 24.1 Å². The van der Waals surface area contributed by atoms with Gasteiger partial charge in [0.2, 0.25) is 5.78 Å². The van der Waals surface area contributed by atoms with E-state index in [1.165, 1.54) is 11.0 Å². The highest BCUT2D eigenvalue weighted by atomic mass is 35.5. The number of carbonyl (C=O) groups is 4. The Balaban J connectivity index is 1.57. The summed E-state index contributed by atoms with van der Waals surface area (Å²) in [6, 6.07) is 12.4. The predicted octanol–water partition coefficient (Wildman–Crippen LogP) is 3.32. The molecule has 10 nitrogen and oxygen atoms in total. The van der Waals surface area contributed by atoms with Crippen LogP contribution in [0.3, 0.4) is 0 Å². The van der Waals surface area contributed by atoms with Crippen LogP contribution < -0.4 is 5.73 Å². The van der Waals surface area contributed by atoms with Crippen LogP contribution in [0.15, 0.2) is 71.2 Å². The standard InChI is InChI=1S/C32H27ClN2O8/c1-35(2)25-20-12-13-11-19-17(16-7-8-18(30(33)41)15-6-4-3-5-14(15)16)9-10-21(36)23(19)26(37)22(13)28(39)32(20,43)29(40)24(27(25)38)31(34)42/h3-10,13,20,25,36,38-39,43H,11-12H2,1-2H3,(H2,34,42)/t13-,20-,25-,32-/m0/s1. The highest BCUT2D eigenvalue weighted by Crippen LogP contribution is 2.53. The fourth-order valence-electron chi connectivity index (χ4n) is 7.21. The van der Waals surface area contributed by atoms with Gasteiger partial charge in [0.25, 0.3) is 11.1 Å². The van der Waals surface area contributed by atoms with E-state index in [9.17, 15) is 39.6 Å². The number of phenolic OH excluding ortho intramolecular Hbond substituents is 1. The zero-order valence-electron chi connectivity index (χ0n) is 23.1. The number of aromatic hydroxyl groups is 1. The lowest BCUT2D eigenvalue weighted by molar-refractivity contribution is -0.148. The van der Waals surface area contributed by atoms with Crippen LogP contribution in [0.4, 0.5) is 0 Å². The van der Waals surface area contributed by atoms with Crippen molar-refractivity contribution < 1.29 is 39.6 Å². The second kappa shape index (κ2) is 9.77. The largest absolute Gasteiger partial charge is 0.510 e. The van der Waals surface area contributed by atoms with E-state index < -0.39 is 63.3 Å². The number of nitrogens with two attached hydrogens (primary N) is 1. The second-order valence-electron chi connectivity index (χ2n) is 11.4. The molecular formula is C32H27ClN2O8. The molecule has 0 fully saturated rings. The molecule has 43 heavy (non-hydrogen) atoms. The Bertz CT molecular complexity index is 1880. The van der Waals surface area contributed by atoms with Gasteiger partial charge in [-0.05, 0) is 84.1 Å². The third-order valence-corrected chi connectivity index (χ3v) is 9.24. The summed E-state index contributed by atoms with van der Waals surface area (Å²) >= 11 is 5.83. The summed E-state index contributed by atoms with van der Waals surface area (Å²) in [6.07, 6.45) is 0.101. The van der Waals surface area contributed by atoms with Gasteiger partial charge in [-0.25, -0.2) is 0 Å². The number of allylic oxidation sites excluding steroid dienone is 1. The smallest absolute Gasteiger partial charge is 0.255 e. The summed E-state index contributed by atoms with van der Waals surface area (Å²) in [5.74, 6) is -7.11. The molecule has 6 rings (SSSR count). The van der Waals surface area contributed by atoms with Crippen molar-refractivity contribution in [2.75, 3.05) is 14.1 Å². The first kappa shape index (κ1) is 28.6. The summed E-state index contributed by atoms with van der Waals surface area (Å²) in [6.45, 7) is 0. The van der Waals surface area contributed by atoms with Gasteiger partial charge in [0, 0.05) is 17.1 Å². The van der Waals surface area contributed by atoms with Crippen molar-refractivity contribution in [1.29, 1.82) is 0 Å². The monoisotopic (exact) mass is 602 g/mol. The minimum atomic E-state index is -2.71. The number of amides is 1. The molecule has 0 spiro atoms. The molecule has 0 aromatic heterocycles. The number of nitrogens with zero attached hydrogens (tertiary/aromatic N) is 1. The number of fused-ring (bicyclic) bond motifs is 4. The van der Waals surface area contributed by atoms with E-state index in [2.05, 4.69) is 0 Å². The molecule has 220 valence electrons. The van der Waals surface area contributed by atoms with E-state index in [0.29, 0.717) is 33.0 Å². The van der Waals surface area contributed by atoms with E-state index in [1.54, 1.807) is 50.5 Å². The number of phenols is 1. The molecule has 0 radical (unpaired) electrons. The molecular weight excluding hydrogens is 576 g/mol. The van der Waals surface area contributed by atoms with E-state index in [0.717, 1.165) is 0 Å². The molecule has 1 amide bonds. The zero-order chi connectivity index (χ0) is 31.1.